The zero-order valence-corrected chi connectivity index (χ0v) is 12.2. The quantitative estimate of drug-likeness (QED) is 0.922. The Balaban J connectivity index is 1.84. The van der Waals surface area contributed by atoms with Crippen LogP contribution in [0, 0.1) is 12.7 Å². The van der Waals surface area contributed by atoms with Crippen LogP contribution in [0.15, 0.2) is 36.4 Å². The van der Waals surface area contributed by atoms with Crippen molar-refractivity contribution in [2.75, 3.05) is 18.5 Å². The summed E-state index contributed by atoms with van der Waals surface area (Å²) in [6.07, 6.45) is 0. The van der Waals surface area contributed by atoms with E-state index in [-0.39, 0.29) is 11.9 Å². The second-order valence-electron chi connectivity index (χ2n) is 5.20. The molecule has 0 fully saturated rings. The van der Waals surface area contributed by atoms with Gasteiger partial charge in [0.1, 0.15) is 19.0 Å². The largest absolute Gasteiger partial charge is 0.486 e. The van der Waals surface area contributed by atoms with Gasteiger partial charge in [0.2, 0.25) is 0 Å². The molecular formula is C17H18FNO2. The highest BCUT2D eigenvalue weighted by Crippen LogP contribution is 2.34. The fourth-order valence-electron chi connectivity index (χ4n) is 2.44. The SMILES string of the molecule is Cc1cccc(F)c1NC(C)c1ccc2c(c1)OCCO2. The third-order valence-electron chi connectivity index (χ3n) is 3.65. The summed E-state index contributed by atoms with van der Waals surface area (Å²) in [5, 5.41) is 3.23. The number of fused-ring (bicyclic) bond motifs is 1. The average Bonchev–Trinajstić information content (AvgIpc) is 2.50. The molecule has 0 saturated carbocycles. The van der Waals surface area contributed by atoms with E-state index in [1.54, 1.807) is 6.07 Å². The first-order valence-electron chi connectivity index (χ1n) is 7.06. The highest BCUT2D eigenvalue weighted by Gasteiger charge is 2.15. The van der Waals surface area contributed by atoms with Crippen LogP contribution in [0.4, 0.5) is 10.1 Å². The van der Waals surface area contributed by atoms with Crippen LogP contribution in [-0.2, 0) is 0 Å². The molecule has 0 bridgehead atoms. The molecule has 0 saturated heterocycles. The maximum Gasteiger partial charge on any atom is 0.161 e. The summed E-state index contributed by atoms with van der Waals surface area (Å²) >= 11 is 0. The highest BCUT2D eigenvalue weighted by molar-refractivity contribution is 5.54. The van der Waals surface area contributed by atoms with E-state index in [0.717, 1.165) is 22.6 Å². The van der Waals surface area contributed by atoms with E-state index in [1.807, 2.05) is 38.1 Å². The lowest BCUT2D eigenvalue weighted by atomic mass is 10.1. The van der Waals surface area contributed by atoms with Crippen LogP contribution >= 0.6 is 0 Å². The molecule has 2 aromatic rings. The molecule has 0 radical (unpaired) electrons. The van der Waals surface area contributed by atoms with Crippen LogP contribution < -0.4 is 14.8 Å². The van der Waals surface area contributed by atoms with E-state index in [1.165, 1.54) is 6.07 Å². The topological polar surface area (TPSA) is 30.5 Å². The highest BCUT2D eigenvalue weighted by atomic mass is 19.1. The summed E-state index contributed by atoms with van der Waals surface area (Å²) in [6, 6.07) is 10.9. The number of ether oxygens (including phenoxy) is 2. The Hall–Kier alpha value is -2.23. The lowest BCUT2D eigenvalue weighted by molar-refractivity contribution is 0.171. The molecule has 1 N–H and O–H groups in total. The van der Waals surface area contributed by atoms with Gasteiger partial charge in [-0.1, -0.05) is 18.2 Å². The standard InChI is InChI=1S/C17H18FNO2/c1-11-4-3-5-14(18)17(11)19-12(2)13-6-7-15-16(10-13)21-9-8-20-15/h3-7,10,12,19H,8-9H2,1-2H3. The lowest BCUT2D eigenvalue weighted by Gasteiger charge is -2.22. The first-order chi connectivity index (χ1) is 10.1. The van der Waals surface area contributed by atoms with E-state index in [2.05, 4.69) is 5.32 Å². The predicted molar refractivity (Wildman–Crippen MR) is 80.6 cm³/mol. The summed E-state index contributed by atoms with van der Waals surface area (Å²) in [5.74, 6) is 1.27. The molecule has 0 spiro atoms. The number of aryl methyl sites for hydroxylation is 1. The number of hydrogen-bond donors (Lipinski definition) is 1. The van der Waals surface area contributed by atoms with Crippen molar-refractivity contribution in [3.63, 3.8) is 0 Å². The van der Waals surface area contributed by atoms with Crippen molar-refractivity contribution in [3.05, 3.63) is 53.3 Å². The molecule has 0 amide bonds. The summed E-state index contributed by atoms with van der Waals surface area (Å²) in [6.45, 7) is 5.03. The van der Waals surface area contributed by atoms with Crippen molar-refractivity contribution in [1.29, 1.82) is 0 Å². The number of nitrogens with one attached hydrogen (secondary N) is 1. The van der Waals surface area contributed by atoms with Gasteiger partial charge in [-0.25, -0.2) is 4.39 Å². The van der Waals surface area contributed by atoms with Gasteiger partial charge in [-0.15, -0.1) is 0 Å². The summed E-state index contributed by atoms with van der Waals surface area (Å²) in [7, 11) is 0. The zero-order chi connectivity index (χ0) is 14.8. The molecule has 1 unspecified atom stereocenters. The third-order valence-corrected chi connectivity index (χ3v) is 3.65. The van der Waals surface area contributed by atoms with Crippen molar-refractivity contribution in [2.45, 2.75) is 19.9 Å². The minimum absolute atomic E-state index is 0.0311. The number of rotatable bonds is 3. The molecule has 1 heterocycles. The van der Waals surface area contributed by atoms with Crippen molar-refractivity contribution < 1.29 is 13.9 Å². The Labute approximate surface area is 123 Å². The van der Waals surface area contributed by atoms with Gasteiger partial charge in [0.15, 0.2) is 11.5 Å². The number of anilines is 1. The second kappa shape index (κ2) is 5.64. The molecular weight excluding hydrogens is 269 g/mol. The summed E-state index contributed by atoms with van der Waals surface area (Å²) in [5.41, 5.74) is 2.46. The molecule has 3 nitrogen and oxygen atoms in total. The first kappa shape index (κ1) is 13.7. The third kappa shape index (κ3) is 2.79. The Morgan fingerprint density at radius 1 is 1.10 bits per heavy atom. The van der Waals surface area contributed by atoms with Crippen LogP contribution in [0.1, 0.15) is 24.1 Å². The minimum atomic E-state index is -0.237. The molecule has 0 aromatic heterocycles. The molecule has 4 heteroatoms. The summed E-state index contributed by atoms with van der Waals surface area (Å²) < 4.78 is 25.0. The van der Waals surface area contributed by atoms with Gasteiger partial charge in [0.25, 0.3) is 0 Å². The molecule has 1 aliphatic rings. The molecule has 1 aliphatic heterocycles. The van der Waals surface area contributed by atoms with Gasteiger partial charge in [-0.3, -0.25) is 0 Å². The lowest BCUT2D eigenvalue weighted by Crippen LogP contribution is -2.16. The zero-order valence-electron chi connectivity index (χ0n) is 12.2. The number of benzene rings is 2. The van der Waals surface area contributed by atoms with Crippen molar-refractivity contribution in [2.24, 2.45) is 0 Å². The Morgan fingerprint density at radius 2 is 1.86 bits per heavy atom. The summed E-state index contributed by atoms with van der Waals surface area (Å²) in [4.78, 5) is 0. The normalized spacial score (nSPS) is 14.6. The molecule has 0 aliphatic carbocycles. The number of hydrogen-bond acceptors (Lipinski definition) is 3. The van der Waals surface area contributed by atoms with Crippen molar-refractivity contribution in [3.8, 4) is 11.5 Å². The Bertz CT molecular complexity index is 637. The maximum atomic E-state index is 13.9. The maximum absolute atomic E-state index is 13.9. The smallest absolute Gasteiger partial charge is 0.161 e. The van der Waals surface area contributed by atoms with Gasteiger partial charge < -0.3 is 14.8 Å². The van der Waals surface area contributed by atoms with Gasteiger partial charge in [-0.05, 0) is 43.2 Å². The van der Waals surface area contributed by atoms with Crippen molar-refractivity contribution >= 4 is 5.69 Å². The van der Waals surface area contributed by atoms with Gasteiger partial charge >= 0.3 is 0 Å². The monoisotopic (exact) mass is 287 g/mol. The van der Waals surface area contributed by atoms with Gasteiger partial charge in [0.05, 0.1) is 5.69 Å². The van der Waals surface area contributed by atoms with Gasteiger partial charge in [0, 0.05) is 6.04 Å². The second-order valence-corrected chi connectivity index (χ2v) is 5.20. The Kier molecular flexibility index (Phi) is 3.69. The first-order valence-corrected chi connectivity index (χ1v) is 7.06. The molecule has 21 heavy (non-hydrogen) atoms. The van der Waals surface area contributed by atoms with E-state index >= 15 is 0 Å². The van der Waals surface area contributed by atoms with Gasteiger partial charge in [-0.2, -0.15) is 0 Å². The van der Waals surface area contributed by atoms with Crippen molar-refractivity contribution in [1.82, 2.24) is 0 Å². The average molecular weight is 287 g/mol. The predicted octanol–water partition coefficient (Wildman–Crippen LogP) is 4.08. The van der Waals surface area contributed by atoms with Crippen LogP contribution in [-0.4, -0.2) is 13.2 Å². The van der Waals surface area contributed by atoms with Crippen LogP contribution in [0.5, 0.6) is 11.5 Å². The van der Waals surface area contributed by atoms with Crippen LogP contribution in [0.25, 0.3) is 0 Å². The number of halogens is 1. The molecule has 2 aromatic carbocycles. The van der Waals surface area contributed by atoms with Crippen LogP contribution in [0.3, 0.4) is 0 Å². The van der Waals surface area contributed by atoms with E-state index in [4.69, 9.17) is 9.47 Å². The number of para-hydroxylation sites is 1. The molecule has 1 atom stereocenters. The Morgan fingerprint density at radius 3 is 2.62 bits per heavy atom. The molecule has 3 rings (SSSR count). The van der Waals surface area contributed by atoms with E-state index in [9.17, 15) is 4.39 Å². The van der Waals surface area contributed by atoms with E-state index in [0.29, 0.717) is 18.9 Å². The minimum Gasteiger partial charge on any atom is -0.486 e. The van der Waals surface area contributed by atoms with Crippen LogP contribution in [0.2, 0.25) is 0 Å². The molecule has 110 valence electrons. The van der Waals surface area contributed by atoms with E-state index < -0.39 is 0 Å². The fourth-order valence-corrected chi connectivity index (χ4v) is 2.44. The fraction of sp³-hybridized carbons (Fsp3) is 0.294.